The van der Waals surface area contributed by atoms with Crippen LogP contribution in [0.4, 0.5) is 0 Å². The highest BCUT2D eigenvalue weighted by Crippen LogP contribution is 2.28. The molecular weight excluding hydrogens is 216 g/mol. The van der Waals surface area contributed by atoms with Crippen molar-refractivity contribution < 1.29 is 9.53 Å². The topological polar surface area (TPSA) is 50.4 Å². The van der Waals surface area contributed by atoms with Gasteiger partial charge in [0, 0.05) is 12.0 Å². The summed E-state index contributed by atoms with van der Waals surface area (Å²) in [5.74, 6) is 0.196. The number of carbonyl (C=O) groups is 1. The summed E-state index contributed by atoms with van der Waals surface area (Å²) in [6, 6.07) is 0.136. The number of carbonyl (C=O) groups excluding carboxylic acids is 1. The van der Waals surface area contributed by atoms with Gasteiger partial charge >= 0.3 is 0 Å². The summed E-state index contributed by atoms with van der Waals surface area (Å²) in [6.07, 6.45) is 4.25. The zero-order valence-electron chi connectivity index (χ0n) is 10.9. The van der Waals surface area contributed by atoms with Crippen molar-refractivity contribution >= 4 is 5.91 Å². The van der Waals surface area contributed by atoms with E-state index in [9.17, 15) is 4.79 Å². The molecule has 2 fully saturated rings. The van der Waals surface area contributed by atoms with Crippen LogP contribution < -0.4 is 10.6 Å². The van der Waals surface area contributed by atoms with Crippen LogP contribution in [0, 0.1) is 5.41 Å². The molecule has 2 N–H and O–H groups in total. The quantitative estimate of drug-likeness (QED) is 0.775. The van der Waals surface area contributed by atoms with Crippen molar-refractivity contribution in [2.75, 3.05) is 19.7 Å². The van der Waals surface area contributed by atoms with Crippen LogP contribution in [0.1, 0.15) is 39.5 Å². The number of rotatable bonds is 3. The molecule has 17 heavy (non-hydrogen) atoms. The lowest BCUT2D eigenvalue weighted by Crippen LogP contribution is -2.50. The lowest BCUT2D eigenvalue weighted by molar-refractivity contribution is -0.133. The predicted octanol–water partition coefficient (Wildman–Crippen LogP) is 1.06. The van der Waals surface area contributed by atoms with Crippen molar-refractivity contribution in [3.8, 4) is 0 Å². The first kappa shape index (κ1) is 12.8. The number of nitrogens with one attached hydrogen (secondary N) is 2. The molecule has 0 aromatic carbocycles. The van der Waals surface area contributed by atoms with E-state index in [1.165, 1.54) is 0 Å². The van der Waals surface area contributed by atoms with Gasteiger partial charge in [-0.2, -0.15) is 0 Å². The van der Waals surface area contributed by atoms with Crippen LogP contribution >= 0.6 is 0 Å². The van der Waals surface area contributed by atoms with Crippen molar-refractivity contribution in [2.24, 2.45) is 5.41 Å². The second-order valence-electron chi connectivity index (χ2n) is 5.62. The molecule has 4 heteroatoms. The largest absolute Gasteiger partial charge is 0.376 e. The molecule has 2 aliphatic rings. The Morgan fingerprint density at radius 3 is 2.76 bits per heavy atom. The Kier molecular flexibility index (Phi) is 4.05. The Morgan fingerprint density at radius 1 is 1.47 bits per heavy atom. The molecule has 0 aromatic rings. The maximum absolute atomic E-state index is 12.3. The van der Waals surface area contributed by atoms with E-state index in [0.717, 1.165) is 45.4 Å². The van der Waals surface area contributed by atoms with Crippen molar-refractivity contribution in [3.05, 3.63) is 0 Å². The van der Waals surface area contributed by atoms with Crippen molar-refractivity contribution in [1.29, 1.82) is 0 Å². The fraction of sp³-hybridized carbons (Fsp3) is 0.923. The Morgan fingerprint density at radius 2 is 2.18 bits per heavy atom. The summed E-state index contributed by atoms with van der Waals surface area (Å²) >= 11 is 0. The highest BCUT2D eigenvalue weighted by atomic mass is 16.5. The minimum Gasteiger partial charge on any atom is -0.376 e. The van der Waals surface area contributed by atoms with Gasteiger partial charge in [-0.05, 0) is 45.7 Å². The Hall–Kier alpha value is -0.610. The van der Waals surface area contributed by atoms with Crippen LogP contribution in [-0.4, -0.2) is 37.7 Å². The highest BCUT2D eigenvalue weighted by Gasteiger charge is 2.36. The summed E-state index contributed by atoms with van der Waals surface area (Å²) < 4.78 is 5.61. The average Bonchev–Trinajstić information content (AvgIpc) is 2.83. The second kappa shape index (κ2) is 5.36. The molecule has 2 rings (SSSR count). The molecular formula is C13H24N2O2. The number of ether oxygens (including phenoxy) is 1. The fourth-order valence-corrected chi connectivity index (χ4v) is 2.68. The molecule has 0 aromatic heterocycles. The van der Waals surface area contributed by atoms with Crippen LogP contribution in [0.3, 0.4) is 0 Å². The maximum Gasteiger partial charge on any atom is 0.226 e. The Labute approximate surface area is 103 Å². The number of hydrogen-bond acceptors (Lipinski definition) is 3. The third-order valence-electron chi connectivity index (χ3n) is 4.14. The van der Waals surface area contributed by atoms with Gasteiger partial charge in [0.1, 0.15) is 0 Å². The summed E-state index contributed by atoms with van der Waals surface area (Å²) in [7, 11) is 0. The summed E-state index contributed by atoms with van der Waals surface area (Å²) in [4.78, 5) is 12.3. The van der Waals surface area contributed by atoms with E-state index in [1.807, 2.05) is 0 Å². The Balaban J connectivity index is 1.86. The summed E-state index contributed by atoms with van der Waals surface area (Å²) in [5.41, 5.74) is -0.196. The molecule has 0 aliphatic carbocycles. The fourth-order valence-electron chi connectivity index (χ4n) is 2.68. The number of hydrogen-bond donors (Lipinski definition) is 2. The summed E-state index contributed by atoms with van der Waals surface area (Å²) in [6.45, 7) is 6.85. The van der Waals surface area contributed by atoms with Crippen molar-refractivity contribution in [2.45, 2.75) is 51.7 Å². The van der Waals surface area contributed by atoms with Crippen LogP contribution in [0.15, 0.2) is 0 Å². The first-order valence-corrected chi connectivity index (χ1v) is 6.75. The zero-order chi connectivity index (χ0) is 12.3. The molecule has 0 saturated carbocycles. The molecule has 98 valence electrons. The van der Waals surface area contributed by atoms with Gasteiger partial charge in [-0.3, -0.25) is 4.79 Å². The van der Waals surface area contributed by atoms with Crippen molar-refractivity contribution in [3.63, 3.8) is 0 Å². The highest BCUT2D eigenvalue weighted by molar-refractivity contribution is 5.82. The monoisotopic (exact) mass is 240 g/mol. The van der Waals surface area contributed by atoms with E-state index in [0.29, 0.717) is 0 Å². The van der Waals surface area contributed by atoms with Crippen LogP contribution in [0.2, 0.25) is 0 Å². The Bertz CT molecular complexity index is 269. The molecule has 2 heterocycles. The minimum absolute atomic E-state index is 0.136. The number of amides is 1. The van der Waals surface area contributed by atoms with Crippen LogP contribution in [0.5, 0.6) is 0 Å². The van der Waals surface area contributed by atoms with Gasteiger partial charge in [-0.1, -0.05) is 6.92 Å². The lowest BCUT2D eigenvalue weighted by Gasteiger charge is -2.34. The van der Waals surface area contributed by atoms with E-state index in [1.54, 1.807) is 0 Å². The lowest BCUT2D eigenvalue weighted by atomic mass is 9.80. The average molecular weight is 240 g/mol. The van der Waals surface area contributed by atoms with Gasteiger partial charge in [0.15, 0.2) is 0 Å². The van der Waals surface area contributed by atoms with Gasteiger partial charge in [0.2, 0.25) is 5.91 Å². The third-order valence-corrected chi connectivity index (χ3v) is 4.14. The first-order chi connectivity index (χ1) is 8.12. The van der Waals surface area contributed by atoms with Crippen LogP contribution in [0.25, 0.3) is 0 Å². The normalized spacial score (nSPS) is 29.9. The number of piperidine rings is 1. The van der Waals surface area contributed by atoms with Gasteiger partial charge in [0.05, 0.1) is 12.1 Å². The van der Waals surface area contributed by atoms with E-state index in [2.05, 4.69) is 24.5 Å². The van der Waals surface area contributed by atoms with E-state index >= 15 is 0 Å². The van der Waals surface area contributed by atoms with E-state index in [-0.39, 0.29) is 23.5 Å². The van der Waals surface area contributed by atoms with Gasteiger partial charge in [-0.15, -0.1) is 0 Å². The molecule has 0 radical (unpaired) electrons. The third kappa shape index (κ3) is 2.99. The van der Waals surface area contributed by atoms with E-state index in [4.69, 9.17) is 4.74 Å². The van der Waals surface area contributed by atoms with Gasteiger partial charge in [-0.25, -0.2) is 0 Å². The smallest absolute Gasteiger partial charge is 0.226 e. The molecule has 0 spiro atoms. The predicted molar refractivity (Wildman–Crippen MR) is 66.8 cm³/mol. The van der Waals surface area contributed by atoms with Crippen molar-refractivity contribution in [1.82, 2.24) is 10.6 Å². The van der Waals surface area contributed by atoms with E-state index < -0.39 is 0 Å². The summed E-state index contributed by atoms with van der Waals surface area (Å²) in [5, 5.41) is 6.44. The molecule has 4 nitrogen and oxygen atoms in total. The SMILES string of the molecule is CC(NC(=O)C1(C)CCNCC1)C1CCCO1. The second-order valence-corrected chi connectivity index (χ2v) is 5.62. The first-order valence-electron chi connectivity index (χ1n) is 6.75. The maximum atomic E-state index is 12.3. The molecule has 2 atom stereocenters. The van der Waals surface area contributed by atoms with Crippen LogP contribution in [-0.2, 0) is 9.53 Å². The minimum atomic E-state index is -0.196. The molecule has 2 saturated heterocycles. The zero-order valence-corrected chi connectivity index (χ0v) is 10.9. The standard InChI is InChI=1S/C13H24N2O2/c1-10(11-4-3-9-17-11)15-12(16)13(2)5-7-14-8-6-13/h10-11,14H,3-9H2,1-2H3,(H,15,16). The van der Waals surface area contributed by atoms with Gasteiger partial charge in [0.25, 0.3) is 0 Å². The molecule has 2 aliphatic heterocycles. The molecule has 0 bridgehead atoms. The van der Waals surface area contributed by atoms with Gasteiger partial charge < -0.3 is 15.4 Å². The molecule has 1 amide bonds. The molecule has 2 unspecified atom stereocenters.